The monoisotopic (exact) mass is 250 g/mol. The third-order valence-electron chi connectivity index (χ3n) is 3.26. The van der Waals surface area contributed by atoms with E-state index in [4.69, 9.17) is 10.1 Å². The summed E-state index contributed by atoms with van der Waals surface area (Å²) < 4.78 is 0. The molecule has 1 heterocycles. The lowest BCUT2D eigenvalue weighted by atomic mass is 9.76. The van der Waals surface area contributed by atoms with Crippen molar-refractivity contribution in [2.24, 2.45) is 5.92 Å². The molecule has 0 aromatic heterocycles. The van der Waals surface area contributed by atoms with Crippen molar-refractivity contribution < 1.29 is 9.63 Å². The van der Waals surface area contributed by atoms with Gasteiger partial charge in [0.1, 0.15) is 0 Å². The maximum Gasteiger partial charge on any atom is 0.349 e. The van der Waals surface area contributed by atoms with Crippen LogP contribution in [-0.2, 0) is 9.63 Å². The van der Waals surface area contributed by atoms with Gasteiger partial charge in [-0.05, 0) is 47.5 Å². The average molecular weight is 250 g/mol. The lowest BCUT2D eigenvalue weighted by Crippen LogP contribution is -2.60. The highest BCUT2D eigenvalue weighted by molar-refractivity contribution is 5.81. The van der Waals surface area contributed by atoms with Crippen LogP contribution in [0.4, 0.5) is 0 Å². The second-order valence-corrected chi connectivity index (χ2v) is 6.06. The van der Waals surface area contributed by atoms with Crippen LogP contribution in [0.1, 0.15) is 47.5 Å². The first kappa shape index (κ1) is 14.7. The van der Waals surface area contributed by atoms with E-state index in [-0.39, 0.29) is 23.0 Å². The van der Waals surface area contributed by atoms with Gasteiger partial charge in [-0.3, -0.25) is 0 Å². The standard InChI is InChI=1S/C14H22N2O2/c1-6-7-12(17)18-16-13(2,3)8-11(10-15)9-14(16,4)5/h6-7,11H,8-9H2,1-5H3. The summed E-state index contributed by atoms with van der Waals surface area (Å²) in [5.74, 6) is -0.360. The molecule has 1 aliphatic rings. The van der Waals surface area contributed by atoms with Crippen LogP contribution in [0.25, 0.3) is 0 Å². The second kappa shape index (κ2) is 5.11. The smallest absolute Gasteiger partial charge is 0.349 e. The number of nitriles is 1. The molecule has 0 atom stereocenters. The fourth-order valence-corrected chi connectivity index (χ4v) is 2.86. The van der Waals surface area contributed by atoms with E-state index in [0.717, 1.165) is 0 Å². The molecule has 0 aromatic carbocycles. The number of nitrogens with zero attached hydrogens (tertiary/aromatic N) is 2. The van der Waals surface area contributed by atoms with E-state index in [1.54, 1.807) is 18.1 Å². The Morgan fingerprint density at radius 2 is 1.83 bits per heavy atom. The summed E-state index contributed by atoms with van der Waals surface area (Å²) in [7, 11) is 0. The molecular formula is C14H22N2O2. The van der Waals surface area contributed by atoms with Gasteiger partial charge in [0.05, 0.1) is 23.1 Å². The quantitative estimate of drug-likeness (QED) is 0.707. The molecule has 0 aliphatic carbocycles. The SMILES string of the molecule is CC=CC(=O)ON1C(C)(C)CC(C#N)CC1(C)C. The maximum absolute atomic E-state index is 11.6. The first-order chi connectivity index (χ1) is 8.23. The molecule has 1 aliphatic heterocycles. The lowest BCUT2D eigenvalue weighted by molar-refractivity contribution is -0.265. The molecule has 0 radical (unpaired) electrons. The number of piperidine rings is 1. The van der Waals surface area contributed by atoms with Crippen LogP contribution in [0.15, 0.2) is 12.2 Å². The molecule has 0 spiro atoms. The summed E-state index contributed by atoms with van der Waals surface area (Å²) >= 11 is 0. The summed E-state index contributed by atoms with van der Waals surface area (Å²) in [6.07, 6.45) is 4.47. The van der Waals surface area contributed by atoms with Crippen LogP contribution >= 0.6 is 0 Å². The highest BCUT2D eigenvalue weighted by atomic mass is 16.7. The lowest BCUT2D eigenvalue weighted by Gasteiger charge is -2.51. The third-order valence-corrected chi connectivity index (χ3v) is 3.26. The van der Waals surface area contributed by atoms with E-state index in [1.807, 2.05) is 27.7 Å². The number of hydrogen-bond acceptors (Lipinski definition) is 4. The van der Waals surface area contributed by atoms with Gasteiger partial charge in [-0.1, -0.05) is 6.08 Å². The Morgan fingerprint density at radius 3 is 2.22 bits per heavy atom. The largest absolute Gasteiger partial charge is 0.363 e. The van der Waals surface area contributed by atoms with Gasteiger partial charge in [0.15, 0.2) is 0 Å². The number of allylic oxidation sites excluding steroid dienone is 1. The van der Waals surface area contributed by atoms with Crippen molar-refractivity contribution in [2.75, 3.05) is 0 Å². The van der Waals surface area contributed by atoms with Gasteiger partial charge < -0.3 is 4.84 Å². The van der Waals surface area contributed by atoms with Crippen LogP contribution in [0, 0.1) is 17.2 Å². The van der Waals surface area contributed by atoms with Gasteiger partial charge in [-0.2, -0.15) is 5.26 Å². The summed E-state index contributed by atoms with van der Waals surface area (Å²) in [5.41, 5.74) is -0.668. The number of carbonyl (C=O) groups is 1. The number of hydroxylamine groups is 2. The zero-order valence-electron chi connectivity index (χ0n) is 11.9. The first-order valence-corrected chi connectivity index (χ1v) is 6.27. The Morgan fingerprint density at radius 1 is 1.33 bits per heavy atom. The molecule has 4 heteroatoms. The van der Waals surface area contributed by atoms with Crippen molar-refractivity contribution in [3.63, 3.8) is 0 Å². The molecule has 0 unspecified atom stereocenters. The predicted octanol–water partition coefficient (Wildman–Crippen LogP) is 2.81. The number of rotatable bonds is 2. The van der Waals surface area contributed by atoms with Crippen molar-refractivity contribution in [3.8, 4) is 6.07 Å². The Bertz CT molecular complexity index is 373. The molecule has 100 valence electrons. The van der Waals surface area contributed by atoms with Gasteiger partial charge >= 0.3 is 5.97 Å². The number of hydrogen-bond donors (Lipinski definition) is 0. The normalized spacial score (nSPS) is 23.8. The van der Waals surface area contributed by atoms with Crippen LogP contribution < -0.4 is 0 Å². The zero-order valence-corrected chi connectivity index (χ0v) is 11.9. The molecule has 1 rings (SSSR count). The Balaban J connectivity index is 2.94. The minimum Gasteiger partial charge on any atom is -0.363 e. The van der Waals surface area contributed by atoms with Gasteiger partial charge in [0, 0.05) is 6.08 Å². The van der Waals surface area contributed by atoms with Crippen molar-refractivity contribution in [3.05, 3.63) is 12.2 Å². The molecule has 0 bridgehead atoms. The maximum atomic E-state index is 11.6. The van der Waals surface area contributed by atoms with Crippen LogP contribution in [0.2, 0.25) is 0 Å². The van der Waals surface area contributed by atoms with E-state index in [1.165, 1.54) is 6.08 Å². The van der Waals surface area contributed by atoms with Gasteiger partial charge in [0.25, 0.3) is 0 Å². The Hall–Kier alpha value is -1.34. The fourth-order valence-electron chi connectivity index (χ4n) is 2.86. The van der Waals surface area contributed by atoms with Crippen molar-refractivity contribution in [1.82, 2.24) is 5.06 Å². The van der Waals surface area contributed by atoms with Crippen LogP contribution in [0.3, 0.4) is 0 Å². The molecule has 0 aromatic rings. The highest BCUT2D eigenvalue weighted by Gasteiger charge is 2.48. The van der Waals surface area contributed by atoms with E-state index < -0.39 is 0 Å². The van der Waals surface area contributed by atoms with Gasteiger partial charge in [0.2, 0.25) is 0 Å². The number of carbonyl (C=O) groups excluding carboxylic acids is 1. The van der Waals surface area contributed by atoms with E-state index in [9.17, 15) is 4.79 Å². The van der Waals surface area contributed by atoms with Crippen LogP contribution in [0.5, 0.6) is 0 Å². The van der Waals surface area contributed by atoms with Gasteiger partial charge in [-0.15, -0.1) is 5.06 Å². The minimum atomic E-state index is -0.367. The molecule has 1 saturated heterocycles. The zero-order chi connectivity index (χ0) is 14.0. The second-order valence-electron chi connectivity index (χ2n) is 6.06. The fraction of sp³-hybridized carbons (Fsp3) is 0.714. The molecule has 0 saturated carbocycles. The minimum absolute atomic E-state index is 0.00618. The summed E-state index contributed by atoms with van der Waals surface area (Å²) in [6.45, 7) is 9.78. The molecular weight excluding hydrogens is 228 g/mol. The summed E-state index contributed by atoms with van der Waals surface area (Å²) in [6, 6.07) is 2.33. The molecule has 0 amide bonds. The molecule has 1 fully saturated rings. The predicted molar refractivity (Wildman–Crippen MR) is 69.2 cm³/mol. The van der Waals surface area contributed by atoms with Crippen molar-refractivity contribution >= 4 is 5.97 Å². The topological polar surface area (TPSA) is 53.3 Å². The molecule has 0 N–H and O–H groups in total. The summed E-state index contributed by atoms with van der Waals surface area (Å²) in [5, 5.41) is 10.9. The average Bonchev–Trinajstić information content (AvgIpc) is 2.22. The Labute approximate surface area is 109 Å². The molecule has 18 heavy (non-hydrogen) atoms. The Kier molecular flexibility index (Phi) is 4.18. The molecule has 4 nitrogen and oxygen atoms in total. The summed E-state index contributed by atoms with van der Waals surface area (Å²) in [4.78, 5) is 17.1. The van der Waals surface area contributed by atoms with E-state index in [0.29, 0.717) is 12.8 Å². The highest BCUT2D eigenvalue weighted by Crippen LogP contribution is 2.41. The van der Waals surface area contributed by atoms with Gasteiger partial charge in [-0.25, -0.2) is 4.79 Å². The first-order valence-electron chi connectivity index (χ1n) is 6.27. The van der Waals surface area contributed by atoms with Crippen LogP contribution in [-0.4, -0.2) is 22.1 Å². The van der Waals surface area contributed by atoms with Crippen molar-refractivity contribution in [1.29, 1.82) is 5.26 Å². The third kappa shape index (κ3) is 3.11. The van der Waals surface area contributed by atoms with Crippen molar-refractivity contribution in [2.45, 2.75) is 58.5 Å². The van der Waals surface area contributed by atoms with E-state index in [2.05, 4.69) is 6.07 Å². The van der Waals surface area contributed by atoms with E-state index >= 15 is 0 Å².